The minimum Gasteiger partial charge on any atom is -0.480 e. The zero-order chi connectivity index (χ0) is 17.5. The summed E-state index contributed by atoms with van der Waals surface area (Å²) < 4.78 is 0. The summed E-state index contributed by atoms with van der Waals surface area (Å²) >= 11 is 13.4. The van der Waals surface area contributed by atoms with Gasteiger partial charge in [0, 0.05) is 22.5 Å². The number of thiazole rings is 1. The minimum absolute atomic E-state index is 0.232. The van der Waals surface area contributed by atoms with Crippen LogP contribution in [0.15, 0.2) is 23.6 Å². The molecule has 1 aliphatic heterocycles. The molecule has 5 nitrogen and oxygen atoms in total. The molecule has 1 saturated heterocycles. The Hall–Kier alpha value is -1.63. The van der Waals surface area contributed by atoms with Crippen molar-refractivity contribution in [3.05, 3.63) is 39.3 Å². The fourth-order valence-electron chi connectivity index (χ4n) is 2.81. The molecule has 1 aromatic carbocycles. The van der Waals surface area contributed by atoms with Crippen LogP contribution in [-0.4, -0.2) is 39.0 Å². The first-order valence-electron chi connectivity index (χ1n) is 7.29. The van der Waals surface area contributed by atoms with Crippen LogP contribution in [0.1, 0.15) is 30.3 Å². The number of carboxylic acids is 1. The first-order valence-corrected chi connectivity index (χ1v) is 8.93. The van der Waals surface area contributed by atoms with Crippen LogP contribution in [0, 0.1) is 0 Å². The molecular weight excluding hydrogens is 371 g/mol. The number of hydrogen-bond donors (Lipinski definition) is 1. The van der Waals surface area contributed by atoms with Crippen molar-refractivity contribution in [2.75, 3.05) is 6.54 Å². The van der Waals surface area contributed by atoms with Crippen LogP contribution >= 0.6 is 34.5 Å². The number of carbonyl (C=O) groups is 2. The maximum absolute atomic E-state index is 12.7. The van der Waals surface area contributed by atoms with Gasteiger partial charge in [0.05, 0.1) is 5.02 Å². The Kier molecular flexibility index (Phi) is 4.55. The van der Waals surface area contributed by atoms with Gasteiger partial charge in [0.2, 0.25) is 0 Å². The van der Waals surface area contributed by atoms with Crippen LogP contribution in [-0.2, 0) is 4.79 Å². The topological polar surface area (TPSA) is 70.5 Å². The molecule has 0 aliphatic carbocycles. The molecule has 24 heavy (non-hydrogen) atoms. The van der Waals surface area contributed by atoms with Crippen molar-refractivity contribution < 1.29 is 14.7 Å². The molecular formula is C16H14Cl2N2O3S. The lowest BCUT2D eigenvalue weighted by Crippen LogP contribution is -2.50. The van der Waals surface area contributed by atoms with Gasteiger partial charge in [0.25, 0.3) is 5.91 Å². The summed E-state index contributed by atoms with van der Waals surface area (Å²) in [5.41, 5.74) is -0.262. The van der Waals surface area contributed by atoms with E-state index < -0.39 is 11.5 Å². The van der Waals surface area contributed by atoms with E-state index in [2.05, 4.69) is 4.98 Å². The van der Waals surface area contributed by atoms with E-state index in [1.54, 1.807) is 30.5 Å². The van der Waals surface area contributed by atoms with E-state index in [0.717, 1.165) is 0 Å². The number of likely N-dealkylation sites (tertiary alicyclic amines) is 1. The highest BCUT2D eigenvalue weighted by Crippen LogP contribution is 2.34. The van der Waals surface area contributed by atoms with Crippen LogP contribution < -0.4 is 0 Å². The van der Waals surface area contributed by atoms with Gasteiger partial charge in [-0.05, 0) is 38.0 Å². The number of hydrogen-bond acceptors (Lipinski definition) is 4. The molecule has 1 unspecified atom stereocenters. The van der Waals surface area contributed by atoms with E-state index in [0.29, 0.717) is 40.0 Å². The first-order chi connectivity index (χ1) is 11.3. The number of nitrogens with zero attached hydrogens (tertiary/aromatic N) is 2. The van der Waals surface area contributed by atoms with Gasteiger partial charge in [-0.2, -0.15) is 0 Å². The van der Waals surface area contributed by atoms with Crippen molar-refractivity contribution in [3.63, 3.8) is 0 Å². The molecule has 0 saturated carbocycles. The van der Waals surface area contributed by atoms with E-state index >= 15 is 0 Å². The van der Waals surface area contributed by atoms with Crippen molar-refractivity contribution in [2.24, 2.45) is 0 Å². The standard InChI is InChI=1S/C16H14Cl2N2O3S/c1-16(15(22)23)5-2-6-20(16)14(21)12-8-24-13(19-12)10-4-3-9(17)7-11(10)18/h3-4,7-8H,2,5-6H2,1H3,(H,22,23). The van der Waals surface area contributed by atoms with Crippen LogP contribution in [0.4, 0.5) is 0 Å². The molecule has 3 rings (SSSR count). The van der Waals surface area contributed by atoms with Gasteiger partial charge in [-0.3, -0.25) is 4.79 Å². The van der Waals surface area contributed by atoms with E-state index in [9.17, 15) is 14.7 Å². The van der Waals surface area contributed by atoms with E-state index in [4.69, 9.17) is 23.2 Å². The molecule has 0 spiro atoms. The summed E-state index contributed by atoms with van der Waals surface area (Å²) in [6.07, 6.45) is 1.10. The summed E-state index contributed by atoms with van der Waals surface area (Å²) in [7, 11) is 0. The highest BCUT2D eigenvalue weighted by atomic mass is 35.5. The van der Waals surface area contributed by atoms with Crippen LogP contribution in [0.2, 0.25) is 10.0 Å². The Labute approximate surface area is 152 Å². The van der Waals surface area contributed by atoms with Gasteiger partial charge in [-0.25, -0.2) is 9.78 Å². The van der Waals surface area contributed by atoms with Gasteiger partial charge in [0.1, 0.15) is 16.2 Å². The van der Waals surface area contributed by atoms with Crippen molar-refractivity contribution in [1.82, 2.24) is 9.88 Å². The van der Waals surface area contributed by atoms with Gasteiger partial charge in [-0.15, -0.1) is 11.3 Å². The minimum atomic E-state index is -1.18. The molecule has 1 aliphatic rings. The maximum Gasteiger partial charge on any atom is 0.329 e. The van der Waals surface area contributed by atoms with Crippen LogP contribution in [0.3, 0.4) is 0 Å². The monoisotopic (exact) mass is 384 g/mol. The zero-order valence-corrected chi connectivity index (χ0v) is 15.1. The number of carbonyl (C=O) groups excluding carboxylic acids is 1. The third-order valence-corrected chi connectivity index (χ3v) is 5.66. The Balaban J connectivity index is 1.90. The maximum atomic E-state index is 12.7. The van der Waals surface area contributed by atoms with Crippen molar-refractivity contribution >= 4 is 46.4 Å². The average molecular weight is 385 g/mol. The molecule has 1 N–H and O–H groups in total. The number of halogens is 2. The molecule has 1 aromatic heterocycles. The second kappa shape index (κ2) is 6.35. The second-order valence-electron chi connectivity index (χ2n) is 5.80. The van der Waals surface area contributed by atoms with Gasteiger partial charge in [0.15, 0.2) is 0 Å². The lowest BCUT2D eigenvalue weighted by atomic mass is 9.99. The number of aliphatic carboxylic acids is 1. The highest BCUT2D eigenvalue weighted by molar-refractivity contribution is 7.13. The Morgan fingerprint density at radius 1 is 1.38 bits per heavy atom. The fraction of sp³-hybridized carbons (Fsp3) is 0.312. The molecule has 126 valence electrons. The van der Waals surface area contributed by atoms with Crippen molar-refractivity contribution in [3.8, 4) is 10.6 Å². The number of rotatable bonds is 3. The molecule has 0 radical (unpaired) electrons. The largest absolute Gasteiger partial charge is 0.480 e. The van der Waals surface area contributed by atoms with Crippen molar-refractivity contribution in [2.45, 2.75) is 25.3 Å². The predicted molar refractivity (Wildman–Crippen MR) is 93.9 cm³/mol. The first kappa shape index (κ1) is 17.2. The smallest absolute Gasteiger partial charge is 0.329 e. The molecule has 0 bridgehead atoms. The third-order valence-electron chi connectivity index (χ3n) is 4.23. The molecule has 2 aromatic rings. The van der Waals surface area contributed by atoms with Crippen LogP contribution in [0.25, 0.3) is 10.6 Å². The normalized spacial score (nSPS) is 20.4. The Morgan fingerprint density at radius 3 is 2.79 bits per heavy atom. The van der Waals surface area contributed by atoms with Gasteiger partial charge >= 0.3 is 5.97 Å². The number of carboxylic acid groups (broad SMARTS) is 1. The lowest BCUT2D eigenvalue weighted by molar-refractivity contribution is -0.147. The SMILES string of the molecule is CC1(C(=O)O)CCCN1C(=O)c1csc(-c2ccc(Cl)cc2Cl)n1. The van der Waals surface area contributed by atoms with E-state index in [1.807, 2.05) is 0 Å². The molecule has 1 fully saturated rings. The van der Waals surface area contributed by atoms with Crippen LogP contribution in [0.5, 0.6) is 0 Å². The van der Waals surface area contributed by atoms with E-state index in [-0.39, 0.29) is 11.6 Å². The second-order valence-corrected chi connectivity index (χ2v) is 7.50. The zero-order valence-electron chi connectivity index (χ0n) is 12.8. The van der Waals surface area contributed by atoms with Gasteiger partial charge < -0.3 is 10.0 Å². The predicted octanol–water partition coefficient (Wildman–Crippen LogP) is 4.20. The highest BCUT2D eigenvalue weighted by Gasteiger charge is 2.46. The number of benzene rings is 1. The molecule has 2 heterocycles. The number of amides is 1. The summed E-state index contributed by atoms with van der Waals surface area (Å²) in [5.74, 6) is -1.37. The quantitative estimate of drug-likeness (QED) is 0.860. The Bertz CT molecular complexity index is 823. The van der Waals surface area contributed by atoms with Crippen molar-refractivity contribution in [1.29, 1.82) is 0 Å². The lowest BCUT2D eigenvalue weighted by Gasteiger charge is -2.30. The third kappa shape index (κ3) is 2.90. The van der Waals surface area contributed by atoms with E-state index in [1.165, 1.54) is 16.2 Å². The molecule has 1 atom stereocenters. The Morgan fingerprint density at radius 2 is 2.12 bits per heavy atom. The van der Waals surface area contributed by atoms with Gasteiger partial charge in [-0.1, -0.05) is 23.2 Å². The average Bonchev–Trinajstić information content (AvgIpc) is 3.14. The summed E-state index contributed by atoms with van der Waals surface area (Å²) in [5, 5.41) is 12.6. The fourth-order valence-corrected chi connectivity index (χ4v) is 4.19. The molecule has 1 amide bonds. The number of aromatic nitrogens is 1. The summed E-state index contributed by atoms with van der Waals surface area (Å²) in [6, 6.07) is 5.06. The molecule has 8 heteroatoms. The summed E-state index contributed by atoms with van der Waals surface area (Å²) in [6.45, 7) is 1.99. The summed E-state index contributed by atoms with van der Waals surface area (Å²) in [4.78, 5) is 30.0.